The maximum atomic E-state index is 9.57. The molecule has 0 aliphatic rings. The van der Waals surface area contributed by atoms with Crippen LogP contribution in [-0.2, 0) is 5.41 Å². The van der Waals surface area contributed by atoms with Crippen molar-refractivity contribution in [1.29, 1.82) is 0 Å². The van der Waals surface area contributed by atoms with Gasteiger partial charge in [0.15, 0.2) is 0 Å². The van der Waals surface area contributed by atoms with Gasteiger partial charge in [0.1, 0.15) is 5.75 Å². The van der Waals surface area contributed by atoms with E-state index < -0.39 is 0 Å². The van der Waals surface area contributed by atoms with Crippen LogP contribution in [0.4, 0.5) is 0 Å². The summed E-state index contributed by atoms with van der Waals surface area (Å²) in [4.78, 5) is 0. The number of methoxy groups -OCH3 is 1. The lowest BCUT2D eigenvalue weighted by Gasteiger charge is -2.26. The van der Waals surface area contributed by atoms with Gasteiger partial charge in [0.2, 0.25) is 0 Å². The van der Waals surface area contributed by atoms with Crippen LogP contribution in [0.2, 0.25) is 0 Å². The van der Waals surface area contributed by atoms with Crippen molar-refractivity contribution in [2.75, 3.05) is 13.7 Å². The van der Waals surface area contributed by atoms with Crippen LogP contribution in [0, 0.1) is 0 Å². The summed E-state index contributed by atoms with van der Waals surface area (Å²) in [6, 6.07) is 12.2. The number of hydrogen-bond acceptors (Lipinski definition) is 2. The van der Waals surface area contributed by atoms with E-state index in [9.17, 15) is 5.11 Å². The third-order valence-electron chi connectivity index (χ3n) is 3.18. The second-order valence-corrected chi connectivity index (χ2v) is 4.91. The summed E-state index contributed by atoms with van der Waals surface area (Å²) in [6.45, 7) is 4.14. The number of rotatable bonds is 3. The fraction of sp³-hybridized carbons (Fsp3) is 0.333. The molecule has 0 amide bonds. The van der Waals surface area contributed by atoms with E-state index in [2.05, 4.69) is 12.1 Å². The van der Waals surface area contributed by atoms with Crippen molar-refractivity contribution in [1.82, 2.24) is 0 Å². The number of fused-ring (bicyclic) bond motifs is 1. The van der Waals surface area contributed by atoms with Crippen molar-refractivity contribution in [2.45, 2.75) is 19.3 Å². The van der Waals surface area contributed by atoms with E-state index in [1.807, 2.05) is 38.1 Å². The van der Waals surface area contributed by atoms with Crippen molar-refractivity contribution in [2.24, 2.45) is 0 Å². The number of ether oxygens (including phenoxy) is 1. The van der Waals surface area contributed by atoms with Crippen molar-refractivity contribution in [3.05, 3.63) is 42.0 Å². The molecule has 2 heteroatoms. The Morgan fingerprint density at radius 1 is 1.12 bits per heavy atom. The molecule has 2 nitrogen and oxygen atoms in total. The third-order valence-corrected chi connectivity index (χ3v) is 3.18. The SMILES string of the molecule is COc1ccc2ccccc2c1C(C)(C)CO. The minimum absolute atomic E-state index is 0.0946. The first-order valence-electron chi connectivity index (χ1n) is 5.77. The zero-order chi connectivity index (χ0) is 12.5. The van der Waals surface area contributed by atoms with Crippen LogP contribution in [0.1, 0.15) is 19.4 Å². The minimum Gasteiger partial charge on any atom is -0.496 e. The first-order chi connectivity index (χ1) is 8.10. The van der Waals surface area contributed by atoms with Crippen molar-refractivity contribution in [3.8, 4) is 5.75 Å². The molecule has 90 valence electrons. The van der Waals surface area contributed by atoms with Gasteiger partial charge in [0, 0.05) is 11.0 Å². The molecule has 1 N–H and O–H groups in total. The van der Waals surface area contributed by atoms with Gasteiger partial charge in [0.05, 0.1) is 13.7 Å². The van der Waals surface area contributed by atoms with Gasteiger partial charge in [-0.1, -0.05) is 44.2 Å². The zero-order valence-electron chi connectivity index (χ0n) is 10.5. The zero-order valence-corrected chi connectivity index (χ0v) is 10.5. The first kappa shape index (κ1) is 11.9. The van der Waals surface area contributed by atoms with E-state index >= 15 is 0 Å². The molecule has 0 fully saturated rings. The van der Waals surface area contributed by atoms with E-state index in [1.165, 1.54) is 5.39 Å². The third kappa shape index (κ3) is 2.01. The summed E-state index contributed by atoms with van der Waals surface area (Å²) in [5.41, 5.74) is 0.757. The maximum absolute atomic E-state index is 9.57. The van der Waals surface area contributed by atoms with Crippen molar-refractivity contribution < 1.29 is 9.84 Å². The lowest BCUT2D eigenvalue weighted by molar-refractivity contribution is 0.216. The van der Waals surface area contributed by atoms with Gasteiger partial charge in [-0.05, 0) is 16.8 Å². The fourth-order valence-electron chi connectivity index (χ4n) is 2.20. The smallest absolute Gasteiger partial charge is 0.123 e. The van der Waals surface area contributed by atoms with Gasteiger partial charge >= 0.3 is 0 Å². The normalized spacial score (nSPS) is 11.8. The van der Waals surface area contributed by atoms with Gasteiger partial charge < -0.3 is 9.84 Å². The molecule has 0 spiro atoms. The average molecular weight is 230 g/mol. The Morgan fingerprint density at radius 3 is 2.47 bits per heavy atom. The number of benzene rings is 2. The summed E-state index contributed by atoms with van der Waals surface area (Å²) < 4.78 is 5.43. The summed E-state index contributed by atoms with van der Waals surface area (Å²) >= 11 is 0. The van der Waals surface area contributed by atoms with Gasteiger partial charge in [-0.3, -0.25) is 0 Å². The van der Waals surface area contributed by atoms with Crippen LogP contribution in [0.5, 0.6) is 5.75 Å². The number of aliphatic hydroxyl groups excluding tert-OH is 1. The molecule has 0 aliphatic carbocycles. The summed E-state index contributed by atoms with van der Waals surface area (Å²) in [6.07, 6.45) is 0. The number of hydrogen-bond donors (Lipinski definition) is 1. The van der Waals surface area contributed by atoms with Gasteiger partial charge in [0.25, 0.3) is 0 Å². The molecule has 2 aromatic carbocycles. The molecule has 0 radical (unpaired) electrons. The lowest BCUT2D eigenvalue weighted by Crippen LogP contribution is -2.23. The lowest BCUT2D eigenvalue weighted by atomic mass is 9.82. The molecule has 0 aliphatic heterocycles. The van der Waals surface area contributed by atoms with E-state index in [0.29, 0.717) is 0 Å². The summed E-state index contributed by atoms with van der Waals surface area (Å²) in [5.74, 6) is 0.836. The van der Waals surface area contributed by atoms with Crippen LogP contribution in [0.3, 0.4) is 0 Å². The molecule has 2 rings (SSSR count). The van der Waals surface area contributed by atoms with Gasteiger partial charge in [-0.2, -0.15) is 0 Å². The highest BCUT2D eigenvalue weighted by atomic mass is 16.5. The predicted molar refractivity (Wildman–Crippen MR) is 70.6 cm³/mol. The Labute approximate surface area is 102 Å². The predicted octanol–water partition coefficient (Wildman–Crippen LogP) is 3.12. The average Bonchev–Trinajstić information content (AvgIpc) is 2.37. The Hall–Kier alpha value is -1.54. The van der Waals surface area contributed by atoms with E-state index in [1.54, 1.807) is 7.11 Å². The largest absolute Gasteiger partial charge is 0.496 e. The molecule has 0 atom stereocenters. The van der Waals surface area contributed by atoms with Crippen molar-refractivity contribution in [3.63, 3.8) is 0 Å². The topological polar surface area (TPSA) is 29.5 Å². The molecule has 0 aromatic heterocycles. The molecule has 0 unspecified atom stereocenters. The van der Waals surface area contributed by atoms with E-state index in [4.69, 9.17) is 4.74 Å². The molecule has 0 saturated heterocycles. The molecular weight excluding hydrogens is 212 g/mol. The Bertz CT molecular complexity index is 529. The summed E-state index contributed by atoms with van der Waals surface area (Å²) in [5, 5.41) is 11.9. The molecule has 0 heterocycles. The van der Waals surface area contributed by atoms with Crippen LogP contribution in [-0.4, -0.2) is 18.8 Å². The molecule has 17 heavy (non-hydrogen) atoms. The van der Waals surface area contributed by atoms with Crippen LogP contribution >= 0.6 is 0 Å². The molecule has 0 saturated carbocycles. The van der Waals surface area contributed by atoms with Gasteiger partial charge in [-0.25, -0.2) is 0 Å². The summed E-state index contributed by atoms with van der Waals surface area (Å²) in [7, 11) is 1.67. The Kier molecular flexibility index (Phi) is 3.07. The monoisotopic (exact) mass is 230 g/mol. The van der Waals surface area contributed by atoms with Crippen LogP contribution in [0.25, 0.3) is 10.8 Å². The number of aliphatic hydroxyl groups is 1. The van der Waals surface area contributed by atoms with Crippen molar-refractivity contribution >= 4 is 10.8 Å². The van der Waals surface area contributed by atoms with Gasteiger partial charge in [-0.15, -0.1) is 0 Å². The Morgan fingerprint density at radius 2 is 1.82 bits per heavy atom. The Balaban J connectivity index is 2.80. The standard InChI is InChI=1S/C15H18O2/c1-15(2,10-16)14-12-7-5-4-6-11(12)8-9-13(14)17-3/h4-9,16H,10H2,1-3H3. The maximum Gasteiger partial charge on any atom is 0.123 e. The highest BCUT2D eigenvalue weighted by Gasteiger charge is 2.25. The van der Waals surface area contributed by atoms with Crippen LogP contribution in [0.15, 0.2) is 36.4 Å². The highest BCUT2D eigenvalue weighted by Crippen LogP contribution is 2.37. The van der Waals surface area contributed by atoms with E-state index in [-0.39, 0.29) is 12.0 Å². The van der Waals surface area contributed by atoms with Crippen LogP contribution < -0.4 is 4.74 Å². The molecule has 2 aromatic rings. The molecular formula is C15H18O2. The fourth-order valence-corrected chi connectivity index (χ4v) is 2.20. The second-order valence-electron chi connectivity index (χ2n) is 4.91. The second kappa shape index (κ2) is 4.38. The highest BCUT2D eigenvalue weighted by molar-refractivity contribution is 5.88. The molecule has 0 bridgehead atoms. The first-order valence-corrected chi connectivity index (χ1v) is 5.77. The minimum atomic E-state index is -0.313. The van der Waals surface area contributed by atoms with E-state index in [0.717, 1.165) is 16.7 Å². The quantitative estimate of drug-likeness (QED) is 0.877.